The highest BCUT2D eigenvalue weighted by atomic mass is 16.6. The Morgan fingerprint density at radius 1 is 1.29 bits per heavy atom. The summed E-state index contributed by atoms with van der Waals surface area (Å²) >= 11 is 0. The van der Waals surface area contributed by atoms with Gasteiger partial charge in [-0.3, -0.25) is 0 Å². The van der Waals surface area contributed by atoms with Gasteiger partial charge in [0, 0.05) is 7.11 Å². The first-order valence-corrected chi connectivity index (χ1v) is 4.85. The van der Waals surface area contributed by atoms with Crippen LogP contribution >= 0.6 is 0 Å². The fourth-order valence-corrected chi connectivity index (χ4v) is 0.810. The second-order valence-electron chi connectivity index (χ2n) is 4.11. The third-order valence-electron chi connectivity index (χ3n) is 1.58. The van der Waals surface area contributed by atoms with E-state index in [4.69, 9.17) is 14.2 Å². The lowest BCUT2D eigenvalue weighted by Gasteiger charge is -2.23. The molecule has 0 N–H and O–H groups in total. The Bertz CT molecular complexity index is 149. The summed E-state index contributed by atoms with van der Waals surface area (Å²) in [5, 5.41) is 0. The van der Waals surface area contributed by atoms with Gasteiger partial charge >= 0.3 is 0 Å². The summed E-state index contributed by atoms with van der Waals surface area (Å²) in [6.07, 6.45) is 1.71. The minimum Gasteiger partial charge on any atom is -0.377 e. The standard InChI is InChI=1S/C11H22O3/c1-6-7-13-8-10(12-5)9-14-11(2,3)4/h6,10H,1,7-9H2,2-5H3. The van der Waals surface area contributed by atoms with Crippen LogP contribution in [0.1, 0.15) is 20.8 Å². The Balaban J connectivity index is 3.63. The van der Waals surface area contributed by atoms with Gasteiger partial charge < -0.3 is 14.2 Å². The lowest BCUT2D eigenvalue weighted by Crippen LogP contribution is -2.30. The number of hydrogen-bond donors (Lipinski definition) is 0. The van der Waals surface area contributed by atoms with E-state index in [9.17, 15) is 0 Å². The monoisotopic (exact) mass is 202 g/mol. The number of ether oxygens (including phenoxy) is 3. The van der Waals surface area contributed by atoms with Crippen LogP contribution in [0.2, 0.25) is 0 Å². The van der Waals surface area contributed by atoms with Gasteiger partial charge in [-0.2, -0.15) is 0 Å². The third kappa shape index (κ3) is 8.23. The maximum absolute atomic E-state index is 5.58. The summed E-state index contributed by atoms with van der Waals surface area (Å²) in [6, 6.07) is 0. The van der Waals surface area contributed by atoms with Gasteiger partial charge in [0.2, 0.25) is 0 Å². The summed E-state index contributed by atoms with van der Waals surface area (Å²) in [7, 11) is 1.66. The molecule has 0 rings (SSSR count). The van der Waals surface area contributed by atoms with E-state index in [0.717, 1.165) is 0 Å². The van der Waals surface area contributed by atoms with Gasteiger partial charge in [-0.05, 0) is 20.8 Å². The Morgan fingerprint density at radius 3 is 2.36 bits per heavy atom. The molecular formula is C11H22O3. The van der Waals surface area contributed by atoms with Crippen molar-refractivity contribution in [3.8, 4) is 0 Å². The molecule has 0 radical (unpaired) electrons. The Morgan fingerprint density at radius 2 is 1.93 bits per heavy atom. The van der Waals surface area contributed by atoms with Crippen LogP contribution in [0.25, 0.3) is 0 Å². The minimum absolute atomic E-state index is 0.00539. The molecule has 0 aliphatic heterocycles. The predicted octanol–water partition coefficient (Wildman–Crippen LogP) is 2.02. The number of methoxy groups -OCH3 is 1. The first-order chi connectivity index (χ1) is 6.49. The fraction of sp³-hybridized carbons (Fsp3) is 0.818. The van der Waals surface area contributed by atoms with E-state index in [1.807, 2.05) is 20.8 Å². The normalized spacial score (nSPS) is 14.0. The maximum atomic E-state index is 5.58. The van der Waals surface area contributed by atoms with Crippen LogP contribution in [0.5, 0.6) is 0 Å². The fourth-order valence-electron chi connectivity index (χ4n) is 0.810. The Labute approximate surface area is 87.0 Å². The second-order valence-corrected chi connectivity index (χ2v) is 4.11. The molecule has 0 spiro atoms. The smallest absolute Gasteiger partial charge is 0.104 e. The van der Waals surface area contributed by atoms with Gasteiger partial charge in [0.15, 0.2) is 0 Å². The molecule has 84 valence electrons. The Hall–Kier alpha value is -0.380. The first-order valence-electron chi connectivity index (χ1n) is 4.85. The van der Waals surface area contributed by atoms with Crippen LogP contribution < -0.4 is 0 Å². The van der Waals surface area contributed by atoms with Crippen LogP contribution in [0.4, 0.5) is 0 Å². The SMILES string of the molecule is C=CCOCC(COC(C)(C)C)OC. The van der Waals surface area contributed by atoms with Gasteiger partial charge in [0.25, 0.3) is 0 Å². The molecule has 0 bridgehead atoms. The lowest BCUT2D eigenvalue weighted by molar-refractivity contribution is -0.0822. The summed E-state index contributed by atoms with van der Waals surface area (Å²) in [6.45, 7) is 11.3. The van der Waals surface area contributed by atoms with E-state index in [-0.39, 0.29) is 11.7 Å². The van der Waals surface area contributed by atoms with E-state index in [0.29, 0.717) is 19.8 Å². The summed E-state index contributed by atoms with van der Waals surface area (Å²) in [5.41, 5.74) is -0.130. The average molecular weight is 202 g/mol. The molecule has 0 aliphatic rings. The summed E-state index contributed by atoms with van der Waals surface area (Å²) < 4.78 is 16.1. The topological polar surface area (TPSA) is 27.7 Å². The van der Waals surface area contributed by atoms with Crippen molar-refractivity contribution in [3.63, 3.8) is 0 Å². The molecule has 0 amide bonds. The van der Waals surface area contributed by atoms with E-state index < -0.39 is 0 Å². The Kier molecular flexibility index (Phi) is 6.79. The number of rotatable bonds is 7. The first kappa shape index (κ1) is 13.6. The molecule has 0 heterocycles. The van der Waals surface area contributed by atoms with Crippen LogP contribution in [-0.4, -0.2) is 38.6 Å². The minimum atomic E-state index is -0.130. The van der Waals surface area contributed by atoms with Crippen LogP contribution in [0.15, 0.2) is 12.7 Å². The summed E-state index contributed by atoms with van der Waals surface area (Å²) in [5.74, 6) is 0. The van der Waals surface area contributed by atoms with E-state index in [1.54, 1.807) is 13.2 Å². The molecule has 0 fully saturated rings. The zero-order valence-corrected chi connectivity index (χ0v) is 9.71. The zero-order valence-electron chi connectivity index (χ0n) is 9.71. The van der Waals surface area contributed by atoms with Crippen LogP contribution in [0.3, 0.4) is 0 Å². The molecular weight excluding hydrogens is 180 g/mol. The van der Waals surface area contributed by atoms with E-state index >= 15 is 0 Å². The molecule has 0 aromatic heterocycles. The maximum Gasteiger partial charge on any atom is 0.104 e. The van der Waals surface area contributed by atoms with E-state index in [1.165, 1.54) is 0 Å². The number of hydrogen-bond acceptors (Lipinski definition) is 3. The largest absolute Gasteiger partial charge is 0.377 e. The van der Waals surface area contributed by atoms with Crippen molar-refractivity contribution in [2.45, 2.75) is 32.5 Å². The van der Waals surface area contributed by atoms with Crippen molar-refractivity contribution in [3.05, 3.63) is 12.7 Å². The van der Waals surface area contributed by atoms with Crippen molar-refractivity contribution in [1.82, 2.24) is 0 Å². The van der Waals surface area contributed by atoms with Crippen LogP contribution in [-0.2, 0) is 14.2 Å². The highest BCUT2D eigenvalue weighted by Gasteiger charge is 2.14. The highest BCUT2D eigenvalue weighted by molar-refractivity contribution is 4.66. The average Bonchev–Trinajstić information content (AvgIpc) is 2.09. The molecule has 0 aliphatic carbocycles. The molecule has 0 aromatic carbocycles. The van der Waals surface area contributed by atoms with Crippen LogP contribution in [0, 0.1) is 0 Å². The third-order valence-corrected chi connectivity index (χ3v) is 1.58. The molecule has 3 nitrogen and oxygen atoms in total. The van der Waals surface area contributed by atoms with E-state index in [2.05, 4.69) is 6.58 Å². The molecule has 3 heteroatoms. The lowest BCUT2D eigenvalue weighted by atomic mass is 10.2. The molecule has 0 saturated carbocycles. The van der Waals surface area contributed by atoms with Crippen molar-refractivity contribution < 1.29 is 14.2 Å². The molecule has 1 atom stereocenters. The van der Waals surface area contributed by atoms with Gasteiger partial charge in [-0.1, -0.05) is 6.08 Å². The second kappa shape index (κ2) is 6.98. The summed E-state index contributed by atoms with van der Waals surface area (Å²) in [4.78, 5) is 0. The van der Waals surface area contributed by atoms with Gasteiger partial charge in [0.1, 0.15) is 6.10 Å². The van der Waals surface area contributed by atoms with Gasteiger partial charge in [-0.15, -0.1) is 6.58 Å². The van der Waals surface area contributed by atoms with Crippen molar-refractivity contribution in [2.75, 3.05) is 26.9 Å². The quantitative estimate of drug-likeness (QED) is 0.467. The molecule has 14 heavy (non-hydrogen) atoms. The zero-order chi connectivity index (χ0) is 11.0. The van der Waals surface area contributed by atoms with Gasteiger partial charge in [-0.25, -0.2) is 0 Å². The van der Waals surface area contributed by atoms with Crippen molar-refractivity contribution in [2.24, 2.45) is 0 Å². The molecule has 0 aromatic rings. The van der Waals surface area contributed by atoms with Crippen molar-refractivity contribution >= 4 is 0 Å². The molecule has 0 saturated heterocycles. The molecule has 1 unspecified atom stereocenters. The highest BCUT2D eigenvalue weighted by Crippen LogP contribution is 2.08. The van der Waals surface area contributed by atoms with Crippen molar-refractivity contribution in [1.29, 1.82) is 0 Å². The van der Waals surface area contributed by atoms with Gasteiger partial charge in [0.05, 0.1) is 25.4 Å². The predicted molar refractivity (Wildman–Crippen MR) is 57.5 cm³/mol.